The Bertz CT molecular complexity index is 1240. The van der Waals surface area contributed by atoms with Gasteiger partial charge in [-0.3, -0.25) is 0 Å². The summed E-state index contributed by atoms with van der Waals surface area (Å²) in [6, 6.07) is 0. The first-order chi connectivity index (χ1) is 21.1. The van der Waals surface area contributed by atoms with E-state index in [1.807, 2.05) is 0 Å². The van der Waals surface area contributed by atoms with Gasteiger partial charge in [0.25, 0.3) is 0 Å². The van der Waals surface area contributed by atoms with Gasteiger partial charge in [0.15, 0.2) is 22.4 Å². The van der Waals surface area contributed by atoms with Crippen LogP contribution in [0.4, 0.5) is 0 Å². The second kappa shape index (κ2) is 13.6. The maximum absolute atomic E-state index is 13.0. The minimum atomic E-state index is -2.34. The molecule has 46 heavy (non-hydrogen) atoms. The van der Waals surface area contributed by atoms with E-state index in [2.05, 4.69) is 106 Å². The predicted molar refractivity (Wildman–Crippen MR) is 196 cm³/mol. The lowest BCUT2D eigenvalue weighted by Crippen LogP contribution is -2.56. The van der Waals surface area contributed by atoms with Crippen LogP contribution in [0.3, 0.4) is 0 Å². The molecule has 1 unspecified atom stereocenters. The van der Waals surface area contributed by atoms with Gasteiger partial charge in [-0.15, -0.1) is 0 Å². The number of esters is 1. The third kappa shape index (κ3) is 7.96. The molecule has 0 N–H and O–H groups in total. The van der Waals surface area contributed by atoms with Crippen molar-refractivity contribution < 1.29 is 23.1 Å². The van der Waals surface area contributed by atoms with Crippen molar-refractivity contribution in [3.05, 3.63) is 47.1 Å². The standard InChI is InChI=1S/C39H66O5Si2/c1-14-31-22-23-33-29(17-16-24-38(31,33)9)20-21-30-25-39(44-46(12,13)37(6,7)8,41-27-35(40)42-32-18-15-19-32)26-34(28(30)2)43-45(10,11)36(3,4)5/h20-22,32-34H,2,14-19,23-27H2,1,3-13H3/t33-,34?,38+,39-/m0/s1. The molecular formula is C39H66O5Si2. The Labute approximate surface area is 283 Å². The summed E-state index contributed by atoms with van der Waals surface area (Å²) < 4.78 is 26.9. The average Bonchev–Trinajstić information content (AvgIpc) is 3.25. The van der Waals surface area contributed by atoms with E-state index in [9.17, 15) is 4.79 Å². The summed E-state index contributed by atoms with van der Waals surface area (Å²) in [5.74, 6) is -0.746. The summed E-state index contributed by atoms with van der Waals surface area (Å²) in [5.41, 5.74) is 5.58. The van der Waals surface area contributed by atoms with Crippen molar-refractivity contribution in [2.75, 3.05) is 6.61 Å². The molecule has 260 valence electrons. The number of carbonyl (C=O) groups is 1. The highest BCUT2D eigenvalue weighted by Crippen LogP contribution is 2.56. The van der Waals surface area contributed by atoms with Crippen molar-refractivity contribution >= 4 is 22.6 Å². The second-order valence-electron chi connectivity index (χ2n) is 18.0. The zero-order valence-corrected chi connectivity index (χ0v) is 33.5. The summed E-state index contributed by atoms with van der Waals surface area (Å²) >= 11 is 0. The van der Waals surface area contributed by atoms with E-state index in [4.69, 9.17) is 18.3 Å². The van der Waals surface area contributed by atoms with Crippen molar-refractivity contribution in [3.63, 3.8) is 0 Å². The van der Waals surface area contributed by atoms with Gasteiger partial charge in [-0.05, 0) is 110 Å². The Balaban J connectivity index is 1.74. The van der Waals surface area contributed by atoms with E-state index in [1.165, 1.54) is 12.8 Å². The molecule has 0 heterocycles. The van der Waals surface area contributed by atoms with Crippen LogP contribution in [-0.2, 0) is 23.1 Å². The monoisotopic (exact) mass is 670 g/mol. The fourth-order valence-electron chi connectivity index (χ4n) is 7.30. The first-order valence-corrected chi connectivity index (χ1v) is 23.9. The summed E-state index contributed by atoms with van der Waals surface area (Å²) in [7, 11) is -4.52. The molecule has 5 nitrogen and oxygen atoms in total. The molecule has 0 spiro atoms. The minimum Gasteiger partial charge on any atom is -0.461 e. The van der Waals surface area contributed by atoms with Crippen molar-refractivity contribution in [1.29, 1.82) is 0 Å². The zero-order valence-electron chi connectivity index (χ0n) is 31.5. The fourth-order valence-corrected chi connectivity index (χ4v) is 10.0. The van der Waals surface area contributed by atoms with Gasteiger partial charge in [0.1, 0.15) is 12.7 Å². The normalized spacial score (nSPS) is 31.6. The number of allylic oxidation sites excluding steroid dienone is 5. The number of rotatable bonds is 10. The third-order valence-corrected chi connectivity index (χ3v) is 21.6. The molecule has 0 radical (unpaired) electrons. The lowest BCUT2D eigenvalue weighted by Gasteiger charge is -2.51. The van der Waals surface area contributed by atoms with E-state index in [0.717, 1.165) is 49.7 Å². The van der Waals surface area contributed by atoms with Crippen LogP contribution in [0.5, 0.6) is 0 Å². The Kier molecular flexibility index (Phi) is 11.1. The molecule has 0 amide bonds. The molecule has 4 aliphatic carbocycles. The molecular weight excluding hydrogens is 605 g/mol. The largest absolute Gasteiger partial charge is 0.461 e. The van der Waals surface area contributed by atoms with Crippen molar-refractivity contribution in [2.45, 2.75) is 174 Å². The number of hydrogen-bond acceptors (Lipinski definition) is 5. The second-order valence-corrected chi connectivity index (χ2v) is 27.4. The Morgan fingerprint density at radius 2 is 1.67 bits per heavy atom. The summed E-state index contributed by atoms with van der Waals surface area (Å²) in [6.07, 6.45) is 16.9. The van der Waals surface area contributed by atoms with Crippen LogP contribution >= 0.6 is 0 Å². The van der Waals surface area contributed by atoms with Gasteiger partial charge in [0.05, 0.1) is 6.10 Å². The van der Waals surface area contributed by atoms with E-state index >= 15 is 0 Å². The molecule has 4 atom stereocenters. The van der Waals surface area contributed by atoms with Gasteiger partial charge < -0.3 is 18.3 Å². The van der Waals surface area contributed by atoms with Crippen LogP contribution in [-0.4, -0.2) is 47.2 Å². The molecule has 3 saturated carbocycles. The van der Waals surface area contributed by atoms with Gasteiger partial charge >= 0.3 is 5.97 Å². The number of ether oxygens (including phenoxy) is 2. The van der Waals surface area contributed by atoms with E-state index in [0.29, 0.717) is 18.8 Å². The predicted octanol–water partition coefficient (Wildman–Crippen LogP) is 11.0. The molecule has 7 heteroatoms. The highest BCUT2D eigenvalue weighted by atomic mass is 28.4. The van der Waals surface area contributed by atoms with Crippen LogP contribution in [0.2, 0.25) is 36.3 Å². The third-order valence-electron chi connectivity index (χ3n) is 12.6. The summed E-state index contributed by atoms with van der Waals surface area (Å²) in [5, 5.41) is -0.00309. The Morgan fingerprint density at radius 3 is 2.24 bits per heavy atom. The van der Waals surface area contributed by atoms with Gasteiger partial charge in [0, 0.05) is 12.8 Å². The number of carbonyl (C=O) groups excluding carboxylic acids is 1. The van der Waals surface area contributed by atoms with E-state index in [1.54, 1.807) is 11.1 Å². The summed E-state index contributed by atoms with van der Waals surface area (Å²) in [4.78, 5) is 13.0. The highest BCUT2D eigenvalue weighted by molar-refractivity contribution is 6.74. The van der Waals surface area contributed by atoms with Crippen LogP contribution in [0.1, 0.15) is 120 Å². The zero-order chi connectivity index (χ0) is 34.3. The summed E-state index contributed by atoms with van der Waals surface area (Å²) in [6.45, 7) is 32.1. The maximum Gasteiger partial charge on any atom is 0.332 e. The van der Waals surface area contributed by atoms with Crippen LogP contribution in [0, 0.1) is 11.3 Å². The van der Waals surface area contributed by atoms with Crippen molar-refractivity contribution in [1.82, 2.24) is 0 Å². The van der Waals surface area contributed by atoms with Crippen molar-refractivity contribution in [2.24, 2.45) is 11.3 Å². The SMILES string of the molecule is C=C1C(=CC=C2CCC[C@]3(C)C(CC)=CC[C@@H]23)C[C@](OCC(=O)OC2CCC2)(O[Si](C)(C)C(C)(C)C)CC1O[Si](C)(C)C(C)(C)C. The topological polar surface area (TPSA) is 54.0 Å². The smallest absolute Gasteiger partial charge is 0.332 e. The fraction of sp³-hybridized carbons (Fsp3) is 0.769. The van der Waals surface area contributed by atoms with Gasteiger partial charge in [-0.25, -0.2) is 4.79 Å². The van der Waals surface area contributed by atoms with Crippen LogP contribution in [0.25, 0.3) is 0 Å². The van der Waals surface area contributed by atoms with Crippen molar-refractivity contribution in [3.8, 4) is 0 Å². The molecule has 0 bridgehead atoms. The molecule has 4 aliphatic rings. The molecule has 4 rings (SSSR count). The number of fused-ring (bicyclic) bond motifs is 1. The Hall–Kier alpha value is -1.26. The highest BCUT2D eigenvalue weighted by Gasteiger charge is 2.52. The van der Waals surface area contributed by atoms with E-state index in [-0.39, 0.29) is 40.3 Å². The van der Waals surface area contributed by atoms with Gasteiger partial charge in [-0.2, -0.15) is 0 Å². The molecule has 0 aromatic heterocycles. The quantitative estimate of drug-likeness (QED) is 0.100. The van der Waals surface area contributed by atoms with Crippen LogP contribution < -0.4 is 0 Å². The first-order valence-electron chi connectivity index (χ1n) is 18.1. The Morgan fingerprint density at radius 1 is 1.02 bits per heavy atom. The lowest BCUT2D eigenvalue weighted by atomic mass is 9.64. The maximum atomic E-state index is 13.0. The van der Waals surface area contributed by atoms with Gasteiger partial charge in [0.2, 0.25) is 0 Å². The molecule has 0 aromatic carbocycles. The lowest BCUT2D eigenvalue weighted by molar-refractivity contribution is -0.218. The molecule has 3 fully saturated rings. The van der Waals surface area contributed by atoms with E-state index < -0.39 is 22.4 Å². The average molecular weight is 671 g/mol. The molecule has 0 saturated heterocycles. The molecule has 0 aromatic rings. The first kappa shape index (κ1) is 37.6. The minimum absolute atomic E-state index is 0.0238. The van der Waals surface area contributed by atoms with Crippen LogP contribution in [0.15, 0.2) is 47.1 Å². The number of hydrogen-bond donors (Lipinski definition) is 0. The molecule has 0 aliphatic heterocycles. The van der Waals surface area contributed by atoms with Gasteiger partial charge in [-0.1, -0.05) is 91.3 Å².